The minimum Gasteiger partial charge on any atom is -0.365 e. The fourth-order valence-corrected chi connectivity index (χ4v) is 3.91. The van der Waals surface area contributed by atoms with E-state index < -0.39 is 0 Å². The highest BCUT2D eigenvalue weighted by atomic mass is 35.5. The van der Waals surface area contributed by atoms with E-state index in [1.165, 1.54) is 0 Å². The number of amides is 1. The summed E-state index contributed by atoms with van der Waals surface area (Å²) in [5.41, 5.74) is 1.72. The van der Waals surface area contributed by atoms with Crippen LogP contribution in [0.2, 0.25) is 5.28 Å². The quantitative estimate of drug-likeness (QED) is 0.429. The lowest BCUT2D eigenvalue weighted by Crippen LogP contribution is -2.27. The Labute approximate surface area is 173 Å². The maximum absolute atomic E-state index is 12.2. The van der Waals surface area contributed by atoms with Crippen molar-refractivity contribution < 1.29 is 4.79 Å². The summed E-state index contributed by atoms with van der Waals surface area (Å²) in [4.78, 5) is 24.9. The first-order valence-corrected chi connectivity index (χ1v) is 10.3. The van der Waals surface area contributed by atoms with Gasteiger partial charge in [0.15, 0.2) is 0 Å². The average Bonchev–Trinajstić information content (AvgIpc) is 3.03. The van der Waals surface area contributed by atoms with Gasteiger partial charge >= 0.3 is 0 Å². The number of thiophene rings is 1. The average molecular weight is 418 g/mol. The van der Waals surface area contributed by atoms with Crippen molar-refractivity contribution in [3.63, 3.8) is 0 Å². The molecule has 0 aliphatic heterocycles. The molecular formula is C20H24ClN5OS. The van der Waals surface area contributed by atoms with Gasteiger partial charge in [0, 0.05) is 23.5 Å². The number of aromatic nitrogens is 2. The number of aryl methyl sites for hydroxylation is 1. The molecule has 0 bridgehead atoms. The number of anilines is 1. The van der Waals surface area contributed by atoms with Crippen molar-refractivity contribution in [1.29, 1.82) is 0 Å². The number of rotatable bonds is 8. The molecule has 2 heterocycles. The largest absolute Gasteiger partial charge is 0.365 e. The van der Waals surface area contributed by atoms with Gasteiger partial charge < -0.3 is 15.5 Å². The van der Waals surface area contributed by atoms with Crippen molar-refractivity contribution >= 4 is 44.9 Å². The van der Waals surface area contributed by atoms with Crippen LogP contribution in [0.1, 0.15) is 27.2 Å². The lowest BCUT2D eigenvalue weighted by Gasteiger charge is -2.10. The van der Waals surface area contributed by atoms with E-state index in [-0.39, 0.29) is 11.2 Å². The molecule has 1 aromatic carbocycles. The Bertz CT molecular complexity index is 955. The minimum atomic E-state index is -0.0451. The Hall–Kier alpha value is -2.22. The summed E-state index contributed by atoms with van der Waals surface area (Å²) in [6.07, 6.45) is 0.929. The number of nitrogens with one attached hydrogen (secondary N) is 2. The molecule has 2 N–H and O–H groups in total. The van der Waals surface area contributed by atoms with Crippen LogP contribution in [-0.2, 0) is 6.54 Å². The van der Waals surface area contributed by atoms with Crippen LogP contribution >= 0.6 is 22.9 Å². The van der Waals surface area contributed by atoms with Gasteiger partial charge in [0.25, 0.3) is 5.91 Å². The molecule has 0 radical (unpaired) electrons. The summed E-state index contributed by atoms with van der Waals surface area (Å²) in [6, 6.07) is 9.63. The van der Waals surface area contributed by atoms with Crippen molar-refractivity contribution in [3.05, 3.63) is 51.6 Å². The molecule has 3 rings (SSSR count). The number of benzene rings is 1. The monoisotopic (exact) mass is 417 g/mol. The Morgan fingerprint density at radius 2 is 1.96 bits per heavy atom. The first-order valence-electron chi connectivity index (χ1n) is 9.12. The predicted octanol–water partition coefficient (Wildman–Crippen LogP) is 3.95. The number of halogens is 1. The smallest absolute Gasteiger partial charge is 0.251 e. The lowest BCUT2D eigenvalue weighted by molar-refractivity contribution is 0.0952. The van der Waals surface area contributed by atoms with E-state index in [1.807, 2.05) is 45.3 Å². The number of hydrogen-bond donors (Lipinski definition) is 2. The maximum atomic E-state index is 12.2. The SMILES string of the molecule is Cc1cc2c(NCc3ccc(C(=O)NCCCN(C)C)cc3)nc(Cl)nc2s1. The van der Waals surface area contributed by atoms with Gasteiger partial charge in [-0.1, -0.05) is 12.1 Å². The second-order valence-corrected chi connectivity index (χ2v) is 8.45. The fourth-order valence-electron chi connectivity index (χ4n) is 2.81. The van der Waals surface area contributed by atoms with E-state index in [9.17, 15) is 4.79 Å². The van der Waals surface area contributed by atoms with Crippen molar-refractivity contribution in [1.82, 2.24) is 20.2 Å². The number of nitrogens with zero attached hydrogens (tertiary/aromatic N) is 3. The van der Waals surface area contributed by atoms with Gasteiger partial charge in [-0.25, -0.2) is 9.97 Å². The zero-order chi connectivity index (χ0) is 20.1. The van der Waals surface area contributed by atoms with E-state index in [0.717, 1.165) is 39.4 Å². The van der Waals surface area contributed by atoms with Crippen molar-refractivity contribution in [2.24, 2.45) is 0 Å². The van der Waals surface area contributed by atoms with Gasteiger partial charge in [-0.3, -0.25) is 4.79 Å². The van der Waals surface area contributed by atoms with Gasteiger partial charge in [0.2, 0.25) is 5.28 Å². The topological polar surface area (TPSA) is 70.2 Å². The Morgan fingerprint density at radius 3 is 2.68 bits per heavy atom. The second kappa shape index (κ2) is 9.32. The number of fused-ring (bicyclic) bond motifs is 1. The fraction of sp³-hybridized carbons (Fsp3) is 0.350. The van der Waals surface area contributed by atoms with E-state index in [2.05, 4.69) is 31.6 Å². The first-order chi connectivity index (χ1) is 13.4. The highest BCUT2D eigenvalue weighted by molar-refractivity contribution is 7.18. The molecule has 0 atom stereocenters. The predicted molar refractivity (Wildman–Crippen MR) is 116 cm³/mol. The van der Waals surface area contributed by atoms with Crippen molar-refractivity contribution in [2.75, 3.05) is 32.5 Å². The van der Waals surface area contributed by atoms with Gasteiger partial charge in [-0.15, -0.1) is 11.3 Å². The maximum Gasteiger partial charge on any atom is 0.251 e. The van der Waals surface area contributed by atoms with Crippen LogP contribution in [0.3, 0.4) is 0 Å². The summed E-state index contributed by atoms with van der Waals surface area (Å²) in [7, 11) is 4.04. The molecule has 3 aromatic rings. The van der Waals surface area contributed by atoms with E-state index in [0.29, 0.717) is 18.7 Å². The third kappa shape index (κ3) is 5.41. The van der Waals surface area contributed by atoms with E-state index in [1.54, 1.807) is 11.3 Å². The van der Waals surface area contributed by atoms with Gasteiger partial charge in [-0.2, -0.15) is 0 Å². The third-order valence-corrected chi connectivity index (χ3v) is 5.35. The first kappa shape index (κ1) is 20.5. The molecule has 0 spiro atoms. The molecule has 28 heavy (non-hydrogen) atoms. The zero-order valence-corrected chi connectivity index (χ0v) is 17.8. The zero-order valence-electron chi connectivity index (χ0n) is 16.3. The highest BCUT2D eigenvalue weighted by Crippen LogP contribution is 2.29. The van der Waals surface area contributed by atoms with Crippen LogP contribution in [0.5, 0.6) is 0 Å². The van der Waals surface area contributed by atoms with Gasteiger partial charge in [0.05, 0.1) is 5.39 Å². The Balaban J connectivity index is 1.58. The molecule has 2 aromatic heterocycles. The lowest BCUT2D eigenvalue weighted by atomic mass is 10.1. The normalized spacial score (nSPS) is 11.2. The minimum absolute atomic E-state index is 0.0451. The van der Waals surface area contributed by atoms with Crippen LogP contribution in [0.15, 0.2) is 30.3 Å². The van der Waals surface area contributed by atoms with Crippen LogP contribution in [0.25, 0.3) is 10.2 Å². The van der Waals surface area contributed by atoms with Gasteiger partial charge in [0.1, 0.15) is 10.6 Å². The summed E-state index contributed by atoms with van der Waals surface area (Å²) in [5.74, 6) is 0.679. The van der Waals surface area contributed by atoms with E-state index >= 15 is 0 Å². The summed E-state index contributed by atoms with van der Waals surface area (Å²) < 4.78 is 0. The molecule has 0 saturated heterocycles. The molecule has 6 nitrogen and oxygen atoms in total. The molecule has 0 saturated carbocycles. The number of hydrogen-bond acceptors (Lipinski definition) is 6. The van der Waals surface area contributed by atoms with Crippen LogP contribution < -0.4 is 10.6 Å². The standard InChI is InChI=1S/C20H24ClN5OS/c1-13-11-16-17(24-20(21)25-19(16)28-13)23-12-14-5-7-15(8-6-14)18(27)22-9-4-10-26(2)3/h5-8,11H,4,9-10,12H2,1-3H3,(H,22,27)(H,23,24,25). The van der Waals surface area contributed by atoms with E-state index in [4.69, 9.17) is 11.6 Å². The van der Waals surface area contributed by atoms with Crippen LogP contribution in [0, 0.1) is 6.92 Å². The number of carbonyl (C=O) groups excluding carboxylic acids is 1. The molecule has 8 heteroatoms. The Kier molecular flexibility index (Phi) is 6.83. The number of carbonyl (C=O) groups is 1. The molecule has 148 valence electrons. The molecule has 1 amide bonds. The summed E-state index contributed by atoms with van der Waals surface area (Å²) in [5, 5.41) is 7.48. The van der Waals surface area contributed by atoms with Gasteiger partial charge in [-0.05, 0) is 69.3 Å². The molecular weight excluding hydrogens is 394 g/mol. The molecule has 0 unspecified atom stereocenters. The van der Waals surface area contributed by atoms with Crippen LogP contribution in [0.4, 0.5) is 5.82 Å². The molecule has 0 aliphatic rings. The Morgan fingerprint density at radius 1 is 1.21 bits per heavy atom. The molecule has 0 fully saturated rings. The van der Waals surface area contributed by atoms with Crippen LogP contribution in [-0.4, -0.2) is 48.0 Å². The van der Waals surface area contributed by atoms with Crippen molar-refractivity contribution in [3.8, 4) is 0 Å². The molecule has 0 aliphatic carbocycles. The van der Waals surface area contributed by atoms with Crippen molar-refractivity contribution in [2.45, 2.75) is 19.9 Å². The highest BCUT2D eigenvalue weighted by Gasteiger charge is 2.10. The summed E-state index contributed by atoms with van der Waals surface area (Å²) >= 11 is 7.63. The third-order valence-electron chi connectivity index (χ3n) is 4.23. The second-order valence-electron chi connectivity index (χ2n) is 6.88. The summed E-state index contributed by atoms with van der Waals surface area (Å²) in [6.45, 7) is 4.25.